The number of anilines is 1. The monoisotopic (exact) mass is 262 g/mol. The topological polar surface area (TPSA) is 29.3 Å². The third-order valence-electron chi connectivity index (χ3n) is 3.41. The number of hydrogen-bond acceptors (Lipinski definition) is 3. The molecule has 2 nitrogen and oxygen atoms in total. The molecule has 0 unspecified atom stereocenters. The number of nitrogens with zero attached hydrogens (tertiary/aromatic N) is 1. The molecular formula is C14H15FN2S. The van der Waals surface area contributed by atoms with Gasteiger partial charge in [0.1, 0.15) is 5.82 Å². The van der Waals surface area contributed by atoms with Gasteiger partial charge in [-0.05, 0) is 47.2 Å². The van der Waals surface area contributed by atoms with Crippen LogP contribution in [0.1, 0.15) is 16.0 Å². The lowest BCUT2D eigenvalue weighted by atomic mass is 10.1. The third kappa shape index (κ3) is 2.02. The first-order chi connectivity index (χ1) is 8.78. The third-order valence-corrected chi connectivity index (χ3v) is 4.43. The Morgan fingerprint density at radius 3 is 3.06 bits per heavy atom. The maximum atomic E-state index is 13.2. The summed E-state index contributed by atoms with van der Waals surface area (Å²) in [5.41, 5.74) is 9.05. The van der Waals surface area contributed by atoms with Crippen LogP contribution in [0, 0.1) is 5.82 Å². The van der Waals surface area contributed by atoms with E-state index >= 15 is 0 Å². The van der Waals surface area contributed by atoms with Crippen molar-refractivity contribution in [3.63, 3.8) is 0 Å². The van der Waals surface area contributed by atoms with Gasteiger partial charge in [0.25, 0.3) is 0 Å². The fourth-order valence-electron chi connectivity index (χ4n) is 2.48. The summed E-state index contributed by atoms with van der Waals surface area (Å²) in [6.07, 6.45) is 1.06. The molecule has 0 spiro atoms. The molecule has 0 bridgehead atoms. The van der Waals surface area contributed by atoms with Gasteiger partial charge >= 0.3 is 0 Å². The van der Waals surface area contributed by atoms with E-state index in [1.165, 1.54) is 16.5 Å². The predicted octanol–water partition coefficient (Wildman–Crippen LogP) is 2.91. The van der Waals surface area contributed by atoms with E-state index in [2.05, 4.69) is 16.3 Å². The van der Waals surface area contributed by atoms with E-state index in [1.807, 2.05) is 17.4 Å². The second kappa shape index (κ2) is 4.71. The van der Waals surface area contributed by atoms with Crippen LogP contribution in [0.25, 0.3) is 0 Å². The Morgan fingerprint density at radius 1 is 1.33 bits per heavy atom. The number of rotatable bonds is 2. The van der Waals surface area contributed by atoms with E-state index in [9.17, 15) is 4.39 Å². The second-order valence-corrected chi connectivity index (χ2v) is 5.52. The molecule has 18 heavy (non-hydrogen) atoms. The van der Waals surface area contributed by atoms with Crippen molar-refractivity contribution in [1.29, 1.82) is 0 Å². The van der Waals surface area contributed by atoms with E-state index in [0.29, 0.717) is 6.54 Å². The van der Waals surface area contributed by atoms with Gasteiger partial charge in [-0.2, -0.15) is 0 Å². The number of nitrogens with two attached hydrogens (primary N) is 1. The largest absolute Gasteiger partial charge is 0.367 e. The van der Waals surface area contributed by atoms with Crippen LogP contribution in [0.3, 0.4) is 0 Å². The summed E-state index contributed by atoms with van der Waals surface area (Å²) in [4.78, 5) is 3.76. The standard InChI is InChI=1S/C14H15FN2S/c15-12-1-2-13(11(7-12)8-16)17-5-3-14-10(9-17)4-6-18-14/h1-2,4,6-7H,3,5,8-9,16H2. The molecule has 2 N–H and O–H groups in total. The van der Waals surface area contributed by atoms with Crippen LogP contribution in [0.2, 0.25) is 0 Å². The van der Waals surface area contributed by atoms with Gasteiger partial charge in [0.15, 0.2) is 0 Å². The zero-order valence-electron chi connectivity index (χ0n) is 10.0. The number of halogens is 1. The molecule has 94 valence electrons. The lowest BCUT2D eigenvalue weighted by Gasteiger charge is -2.30. The Morgan fingerprint density at radius 2 is 2.22 bits per heavy atom. The zero-order valence-corrected chi connectivity index (χ0v) is 10.8. The van der Waals surface area contributed by atoms with Crippen molar-refractivity contribution in [3.05, 3.63) is 51.5 Å². The van der Waals surface area contributed by atoms with Crippen LogP contribution in [0.15, 0.2) is 29.6 Å². The lowest BCUT2D eigenvalue weighted by molar-refractivity contribution is 0.624. The smallest absolute Gasteiger partial charge is 0.123 e. The van der Waals surface area contributed by atoms with Gasteiger partial charge in [-0.25, -0.2) is 4.39 Å². The van der Waals surface area contributed by atoms with Gasteiger partial charge in [0, 0.05) is 30.2 Å². The molecule has 1 aliphatic rings. The van der Waals surface area contributed by atoms with E-state index in [4.69, 9.17) is 5.73 Å². The maximum Gasteiger partial charge on any atom is 0.123 e. The normalized spacial score (nSPS) is 14.7. The Balaban J connectivity index is 1.93. The first-order valence-corrected chi connectivity index (χ1v) is 6.94. The van der Waals surface area contributed by atoms with Crippen LogP contribution in [0.5, 0.6) is 0 Å². The molecule has 2 aromatic rings. The SMILES string of the molecule is NCc1cc(F)ccc1N1CCc2sccc2C1. The highest BCUT2D eigenvalue weighted by Gasteiger charge is 2.19. The first-order valence-electron chi connectivity index (χ1n) is 6.06. The minimum atomic E-state index is -0.215. The second-order valence-electron chi connectivity index (χ2n) is 4.52. The molecule has 3 rings (SSSR count). The first kappa shape index (κ1) is 11.7. The molecule has 0 aliphatic carbocycles. The summed E-state index contributed by atoms with van der Waals surface area (Å²) in [6, 6.07) is 7.07. The quantitative estimate of drug-likeness (QED) is 0.901. The Hall–Kier alpha value is -1.39. The summed E-state index contributed by atoms with van der Waals surface area (Å²) in [5.74, 6) is -0.215. The highest BCUT2D eigenvalue weighted by Crippen LogP contribution is 2.30. The maximum absolute atomic E-state index is 13.2. The fraction of sp³-hybridized carbons (Fsp3) is 0.286. The lowest BCUT2D eigenvalue weighted by Crippen LogP contribution is -2.30. The van der Waals surface area contributed by atoms with Crippen molar-refractivity contribution in [2.75, 3.05) is 11.4 Å². The number of benzene rings is 1. The highest BCUT2D eigenvalue weighted by molar-refractivity contribution is 7.10. The Bertz CT molecular complexity index is 565. The average molecular weight is 262 g/mol. The molecular weight excluding hydrogens is 247 g/mol. The summed E-state index contributed by atoms with van der Waals surface area (Å²) in [5, 5.41) is 2.14. The fourth-order valence-corrected chi connectivity index (χ4v) is 3.37. The Labute approximate surface area is 110 Å². The van der Waals surface area contributed by atoms with Gasteiger partial charge in [0.05, 0.1) is 0 Å². The molecule has 4 heteroatoms. The van der Waals surface area contributed by atoms with Crippen LogP contribution in [-0.4, -0.2) is 6.54 Å². The number of thiophene rings is 1. The zero-order chi connectivity index (χ0) is 12.5. The van der Waals surface area contributed by atoms with Crippen LogP contribution in [-0.2, 0) is 19.5 Å². The van der Waals surface area contributed by atoms with Gasteiger partial charge in [-0.3, -0.25) is 0 Å². The number of fused-ring (bicyclic) bond motifs is 1. The van der Waals surface area contributed by atoms with Gasteiger partial charge in [-0.15, -0.1) is 11.3 Å². The van der Waals surface area contributed by atoms with Crippen molar-refractivity contribution in [2.45, 2.75) is 19.5 Å². The van der Waals surface area contributed by atoms with Crippen LogP contribution in [0.4, 0.5) is 10.1 Å². The Kier molecular flexibility index (Phi) is 3.06. The highest BCUT2D eigenvalue weighted by atomic mass is 32.1. The molecule has 0 amide bonds. The molecule has 0 fully saturated rings. The van der Waals surface area contributed by atoms with Gasteiger partial charge in [0.2, 0.25) is 0 Å². The molecule has 1 aromatic carbocycles. The van der Waals surface area contributed by atoms with Crippen molar-refractivity contribution in [3.8, 4) is 0 Å². The van der Waals surface area contributed by atoms with E-state index in [1.54, 1.807) is 6.07 Å². The van der Waals surface area contributed by atoms with Crippen molar-refractivity contribution in [2.24, 2.45) is 5.73 Å². The van der Waals surface area contributed by atoms with Crippen molar-refractivity contribution in [1.82, 2.24) is 0 Å². The molecule has 1 aliphatic heterocycles. The predicted molar refractivity (Wildman–Crippen MR) is 73.4 cm³/mol. The molecule has 2 heterocycles. The van der Waals surface area contributed by atoms with E-state index in [-0.39, 0.29) is 5.82 Å². The van der Waals surface area contributed by atoms with E-state index < -0.39 is 0 Å². The van der Waals surface area contributed by atoms with Gasteiger partial charge < -0.3 is 10.6 Å². The minimum absolute atomic E-state index is 0.215. The molecule has 0 atom stereocenters. The van der Waals surface area contributed by atoms with Crippen LogP contribution >= 0.6 is 11.3 Å². The average Bonchev–Trinajstić information content (AvgIpc) is 2.85. The van der Waals surface area contributed by atoms with Gasteiger partial charge in [-0.1, -0.05) is 0 Å². The summed E-state index contributed by atoms with van der Waals surface area (Å²) >= 11 is 1.82. The summed E-state index contributed by atoms with van der Waals surface area (Å²) in [7, 11) is 0. The van der Waals surface area contributed by atoms with E-state index in [0.717, 1.165) is 30.8 Å². The molecule has 0 saturated carbocycles. The number of hydrogen-bond donors (Lipinski definition) is 1. The van der Waals surface area contributed by atoms with Crippen LogP contribution < -0.4 is 10.6 Å². The molecule has 1 aromatic heterocycles. The summed E-state index contributed by atoms with van der Waals surface area (Å²) in [6.45, 7) is 2.25. The summed E-state index contributed by atoms with van der Waals surface area (Å²) < 4.78 is 13.2. The minimum Gasteiger partial charge on any atom is -0.367 e. The van der Waals surface area contributed by atoms with Crippen molar-refractivity contribution < 1.29 is 4.39 Å². The molecule has 0 saturated heterocycles. The molecule has 0 radical (unpaired) electrons. The van der Waals surface area contributed by atoms with Crippen molar-refractivity contribution >= 4 is 17.0 Å².